The molecule has 3 nitrogen and oxygen atoms in total. The lowest BCUT2D eigenvalue weighted by atomic mass is 11.4. The molecular weight excluding hydrogens is 161 g/mol. The van der Waals surface area contributed by atoms with Crippen LogP contribution in [0.4, 0.5) is 13.2 Å². The van der Waals surface area contributed by atoms with E-state index < -0.39 is 16.5 Å². The molecule has 56 valence electrons. The first-order valence-electron chi connectivity index (χ1n) is 1.68. The zero-order valence-electron chi connectivity index (χ0n) is 4.27. The van der Waals surface area contributed by atoms with E-state index in [2.05, 4.69) is 4.18 Å². The molecule has 0 amide bonds. The van der Waals surface area contributed by atoms with Crippen molar-refractivity contribution in [1.82, 2.24) is 0 Å². The SMILES string of the molecule is CS(=O)(=O)OC(F)(F)F. The van der Waals surface area contributed by atoms with Crippen LogP contribution in [0, 0.1) is 0 Å². The van der Waals surface area contributed by atoms with E-state index in [1.807, 2.05) is 0 Å². The molecule has 0 fully saturated rings. The minimum Gasteiger partial charge on any atom is -0.199 e. The standard InChI is InChI=1S/C2H3F3O3S/c1-9(6,7)8-2(3,4)5/h1H3. The van der Waals surface area contributed by atoms with Gasteiger partial charge in [-0.25, -0.2) is 0 Å². The van der Waals surface area contributed by atoms with Gasteiger partial charge in [0.2, 0.25) is 0 Å². The van der Waals surface area contributed by atoms with Crippen molar-refractivity contribution in [1.29, 1.82) is 0 Å². The van der Waals surface area contributed by atoms with Gasteiger partial charge < -0.3 is 0 Å². The van der Waals surface area contributed by atoms with Gasteiger partial charge in [0.25, 0.3) is 10.1 Å². The molecule has 7 heteroatoms. The topological polar surface area (TPSA) is 43.4 Å². The van der Waals surface area contributed by atoms with Gasteiger partial charge in [-0.2, -0.15) is 12.6 Å². The number of alkyl halides is 3. The lowest BCUT2D eigenvalue weighted by Gasteiger charge is -2.01. The van der Waals surface area contributed by atoms with Crippen molar-refractivity contribution in [3.63, 3.8) is 0 Å². The van der Waals surface area contributed by atoms with Gasteiger partial charge in [-0.05, 0) is 0 Å². The molecule has 0 saturated heterocycles. The van der Waals surface area contributed by atoms with Crippen LogP contribution in [0.5, 0.6) is 0 Å². The molecule has 0 bridgehead atoms. The molecule has 0 rings (SSSR count). The smallest absolute Gasteiger partial charge is 0.199 e. The maximum Gasteiger partial charge on any atom is 0.537 e. The van der Waals surface area contributed by atoms with E-state index in [-0.39, 0.29) is 0 Å². The van der Waals surface area contributed by atoms with Gasteiger partial charge in [0.05, 0.1) is 6.26 Å². The van der Waals surface area contributed by atoms with E-state index in [1.165, 1.54) is 0 Å². The molecule has 0 spiro atoms. The molecule has 0 atom stereocenters. The highest BCUT2D eigenvalue weighted by atomic mass is 32.2. The van der Waals surface area contributed by atoms with Gasteiger partial charge in [-0.1, -0.05) is 0 Å². The number of hydrogen-bond acceptors (Lipinski definition) is 3. The highest BCUT2D eigenvalue weighted by Crippen LogP contribution is 2.18. The second kappa shape index (κ2) is 2.14. The van der Waals surface area contributed by atoms with Gasteiger partial charge in [0.1, 0.15) is 0 Å². The Balaban J connectivity index is 4.07. The molecule has 0 unspecified atom stereocenters. The number of rotatable bonds is 1. The fraction of sp³-hybridized carbons (Fsp3) is 1.00. The van der Waals surface area contributed by atoms with Crippen LogP contribution >= 0.6 is 0 Å². The van der Waals surface area contributed by atoms with Crippen LogP contribution in [0.25, 0.3) is 0 Å². The summed E-state index contributed by atoms with van der Waals surface area (Å²) in [5, 5.41) is 0. The molecule has 9 heavy (non-hydrogen) atoms. The van der Waals surface area contributed by atoms with Crippen molar-refractivity contribution in [2.75, 3.05) is 6.26 Å². The lowest BCUT2D eigenvalue weighted by molar-refractivity contribution is -0.271. The Kier molecular flexibility index (Phi) is 2.07. The zero-order chi connectivity index (χ0) is 7.71. The van der Waals surface area contributed by atoms with Gasteiger partial charge >= 0.3 is 6.36 Å². The summed E-state index contributed by atoms with van der Waals surface area (Å²) >= 11 is 0. The Hall–Kier alpha value is -0.300. The van der Waals surface area contributed by atoms with Crippen molar-refractivity contribution in [2.24, 2.45) is 0 Å². The van der Waals surface area contributed by atoms with Crippen LogP contribution in [0.1, 0.15) is 0 Å². The minimum atomic E-state index is -5.10. The summed E-state index contributed by atoms with van der Waals surface area (Å²) < 4.78 is 54.9. The number of hydrogen-bond donors (Lipinski definition) is 0. The first kappa shape index (κ1) is 8.70. The summed E-state index contributed by atoms with van der Waals surface area (Å²) in [6.07, 6.45) is -4.78. The zero-order valence-corrected chi connectivity index (χ0v) is 5.08. The van der Waals surface area contributed by atoms with E-state index in [0.29, 0.717) is 6.26 Å². The largest absolute Gasteiger partial charge is 0.537 e. The average molecular weight is 164 g/mol. The molecule has 0 aromatic rings. The molecule has 0 N–H and O–H groups in total. The highest BCUT2D eigenvalue weighted by molar-refractivity contribution is 7.86. The summed E-state index contributed by atoms with van der Waals surface area (Å²) in [7, 11) is -4.41. The van der Waals surface area contributed by atoms with E-state index in [1.54, 1.807) is 0 Å². The Bertz CT molecular complexity index is 178. The maximum absolute atomic E-state index is 11.0. The second-order valence-electron chi connectivity index (χ2n) is 1.23. The van der Waals surface area contributed by atoms with Gasteiger partial charge in [-0.3, -0.25) is 0 Å². The minimum absolute atomic E-state index is 0.320. The molecule has 0 saturated carbocycles. The van der Waals surface area contributed by atoms with Crippen LogP contribution in [0.2, 0.25) is 0 Å². The van der Waals surface area contributed by atoms with E-state index in [9.17, 15) is 21.6 Å². The molecule has 0 aliphatic carbocycles. The monoisotopic (exact) mass is 164 g/mol. The molecule has 0 aliphatic heterocycles. The first-order valence-corrected chi connectivity index (χ1v) is 3.50. The number of halogens is 3. The molecular formula is C2H3F3O3S. The first-order chi connectivity index (χ1) is 3.71. The van der Waals surface area contributed by atoms with E-state index in [0.717, 1.165) is 0 Å². The van der Waals surface area contributed by atoms with Crippen LogP contribution in [-0.4, -0.2) is 21.0 Å². The molecule has 0 radical (unpaired) electrons. The predicted octanol–water partition coefficient (Wildman–Crippen LogP) is 0.482. The van der Waals surface area contributed by atoms with E-state index >= 15 is 0 Å². The van der Waals surface area contributed by atoms with Crippen LogP contribution in [0.3, 0.4) is 0 Å². The Labute approximate surface area is 49.5 Å². The predicted molar refractivity (Wildman–Crippen MR) is 22.0 cm³/mol. The third kappa shape index (κ3) is 7.70. The summed E-state index contributed by atoms with van der Waals surface area (Å²) in [6, 6.07) is 0. The van der Waals surface area contributed by atoms with Crippen molar-refractivity contribution in [2.45, 2.75) is 6.36 Å². The normalized spacial score (nSPS) is 13.8. The fourth-order valence-corrected chi connectivity index (χ4v) is 0.515. The third-order valence-corrected chi connectivity index (χ3v) is 0.738. The highest BCUT2D eigenvalue weighted by Gasteiger charge is 2.34. The Morgan fingerprint density at radius 1 is 1.33 bits per heavy atom. The van der Waals surface area contributed by atoms with Crippen LogP contribution in [-0.2, 0) is 14.3 Å². The Morgan fingerprint density at radius 3 is 1.67 bits per heavy atom. The van der Waals surface area contributed by atoms with E-state index in [4.69, 9.17) is 0 Å². The van der Waals surface area contributed by atoms with Crippen molar-refractivity contribution in [3.05, 3.63) is 0 Å². The van der Waals surface area contributed by atoms with Crippen LogP contribution < -0.4 is 0 Å². The van der Waals surface area contributed by atoms with Gasteiger partial charge in [0.15, 0.2) is 0 Å². The maximum atomic E-state index is 11.0. The summed E-state index contributed by atoms with van der Waals surface area (Å²) in [5.41, 5.74) is 0. The Morgan fingerprint density at radius 2 is 1.67 bits per heavy atom. The fourth-order valence-electron chi connectivity index (χ4n) is 0.172. The van der Waals surface area contributed by atoms with Crippen LogP contribution in [0.15, 0.2) is 0 Å². The summed E-state index contributed by atoms with van der Waals surface area (Å²) in [6.45, 7) is 0. The third-order valence-electron chi connectivity index (χ3n) is 0.246. The average Bonchev–Trinajstić information content (AvgIpc) is 1.14. The lowest BCUT2D eigenvalue weighted by Crippen LogP contribution is -2.18. The van der Waals surface area contributed by atoms with Gasteiger partial charge in [0, 0.05) is 0 Å². The van der Waals surface area contributed by atoms with Crippen molar-refractivity contribution in [3.8, 4) is 0 Å². The molecule has 0 aliphatic rings. The quantitative estimate of drug-likeness (QED) is 0.529. The summed E-state index contributed by atoms with van der Waals surface area (Å²) in [4.78, 5) is 0. The molecule has 0 aromatic carbocycles. The van der Waals surface area contributed by atoms with Crippen molar-refractivity contribution >= 4 is 10.1 Å². The molecule has 0 aromatic heterocycles. The second-order valence-corrected chi connectivity index (χ2v) is 2.81. The van der Waals surface area contributed by atoms with Crippen molar-refractivity contribution < 1.29 is 25.8 Å². The van der Waals surface area contributed by atoms with Gasteiger partial charge in [-0.15, -0.1) is 13.2 Å². The molecule has 0 heterocycles. The summed E-state index contributed by atoms with van der Waals surface area (Å²) in [5.74, 6) is 0.